The molecular weight excluding hydrogens is 156 g/mol. The van der Waals surface area contributed by atoms with Crippen LogP contribution in [-0.4, -0.2) is 0 Å². The van der Waals surface area contributed by atoms with Gasteiger partial charge in [0.25, 0.3) is 0 Å². The van der Waals surface area contributed by atoms with Crippen LogP contribution in [0.3, 0.4) is 0 Å². The van der Waals surface area contributed by atoms with Crippen LogP contribution in [0.5, 0.6) is 0 Å². The number of benzene rings is 1. The fraction of sp³-hybridized carbons (Fsp3) is 0.385. The minimum Gasteiger partial charge on any atom is -0.0986 e. The molecule has 2 atom stereocenters. The van der Waals surface area contributed by atoms with Gasteiger partial charge in [0, 0.05) is 11.8 Å². The Labute approximate surface area is 79.3 Å². The summed E-state index contributed by atoms with van der Waals surface area (Å²) in [6.07, 6.45) is 2.67. The Morgan fingerprint density at radius 3 is 2.77 bits per heavy atom. The summed E-state index contributed by atoms with van der Waals surface area (Å²) in [6.45, 7) is 6.46. The third-order valence-electron chi connectivity index (χ3n) is 3.72. The van der Waals surface area contributed by atoms with Crippen molar-refractivity contribution in [1.29, 1.82) is 0 Å². The van der Waals surface area contributed by atoms with Crippen molar-refractivity contribution >= 4 is 0 Å². The third kappa shape index (κ3) is 0.763. The minimum atomic E-state index is 0.694. The maximum Gasteiger partial charge on any atom is 0.00574 e. The first-order valence-electron chi connectivity index (χ1n) is 5.07. The van der Waals surface area contributed by atoms with Gasteiger partial charge in [-0.15, -0.1) is 0 Å². The van der Waals surface area contributed by atoms with E-state index in [0.717, 1.165) is 0 Å². The van der Waals surface area contributed by atoms with Crippen LogP contribution in [0.2, 0.25) is 0 Å². The lowest BCUT2D eigenvalue weighted by atomic mass is 9.89. The summed E-state index contributed by atoms with van der Waals surface area (Å²) in [5.74, 6) is 1.39. The summed E-state index contributed by atoms with van der Waals surface area (Å²) in [4.78, 5) is 0. The fourth-order valence-corrected chi connectivity index (χ4v) is 3.12. The predicted molar refractivity (Wildman–Crippen MR) is 55.0 cm³/mol. The summed E-state index contributed by atoms with van der Waals surface area (Å²) in [5, 5.41) is 0. The fourth-order valence-electron chi connectivity index (χ4n) is 3.12. The summed E-state index contributed by atoms with van der Waals surface area (Å²) in [7, 11) is 0. The molecule has 2 unspecified atom stereocenters. The Hall–Kier alpha value is -1.04. The molecule has 0 N–H and O–H groups in total. The number of allylic oxidation sites excluding steroid dienone is 1. The van der Waals surface area contributed by atoms with E-state index in [1.807, 2.05) is 0 Å². The van der Waals surface area contributed by atoms with Gasteiger partial charge in [0.2, 0.25) is 0 Å². The average molecular weight is 170 g/mol. The Morgan fingerprint density at radius 2 is 2.00 bits per heavy atom. The average Bonchev–Trinajstić information content (AvgIpc) is 2.61. The molecule has 13 heavy (non-hydrogen) atoms. The minimum absolute atomic E-state index is 0.694. The number of rotatable bonds is 0. The van der Waals surface area contributed by atoms with Gasteiger partial charge in [-0.3, -0.25) is 0 Å². The van der Waals surface area contributed by atoms with Gasteiger partial charge in [0.15, 0.2) is 0 Å². The molecule has 0 amide bonds. The second kappa shape index (κ2) is 2.25. The molecule has 3 rings (SSSR count). The van der Waals surface area contributed by atoms with E-state index in [1.165, 1.54) is 24.0 Å². The largest absolute Gasteiger partial charge is 0.0986 e. The standard InChI is InChI=1S/C13H14/c1-8-4-3-5-12-10-6-7-11(9(10)2)13(8)12/h3-5,10-11H,2,6-7H2,1H3. The number of fused-ring (bicyclic) bond motifs is 5. The van der Waals surface area contributed by atoms with Crippen LogP contribution in [0.25, 0.3) is 0 Å². The molecule has 0 heteroatoms. The highest BCUT2D eigenvalue weighted by atomic mass is 14.4. The Morgan fingerprint density at radius 1 is 1.23 bits per heavy atom. The first-order chi connectivity index (χ1) is 6.29. The molecule has 1 fully saturated rings. The molecule has 0 nitrogen and oxygen atoms in total. The molecular formula is C13H14. The van der Waals surface area contributed by atoms with Gasteiger partial charge < -0.3 is 0 Å². The molecule has 0 aromatic heterocycles. The van der Waals surface area contributed by atoms with Crippen LogP contribution in [-0.2, 0) is 0 Å². The van der Waals surface area contributed by atoms with Crippen molar-refractivity contribution in [2.24, 2.45) is 0 Å². The Bertz CT molecular complexity index is 387. The van der Waals surface area contributed by atoms with E-state index in [2.05, 4.69) is 31.7 Å². The smallest absolute Gasteiger partial charge is 0.00574 e. The lowest BCUT2D eigenvalue weighted by molar-refractivity contribution is 0.713. The first-order valence-corrected chi connectivity index (χ1v) is 5.07. The molecule has 0 spiro atoms. The lowest BCUT2D eigenvalue weighted by Crippen LogP contribution is -1.99. The maximum atomic E-state index is 4.23. The third-order valence-corrected chi connectivity index (χ3v) is 3.72. The number of hydrogen-bond acceptors (Lipinski definition) is 0. The monoisotopic (exact) mass is 170 g/mol. The Kier molecular flexibility index (Phi) is 1.28. The van der Waals surface area contributed by atoms with Crippen LogP contribution >= 0.6 is 0 Å². The zero-order valence-corrected chi connectivity index (χ0v) is 8.01. The first kappa shape index (κ1) is 7.37. The van der Waals surface area contributed by atoms with Gasteiger partial charge in [-0.05, 0) is 36.5 Å². The van der Waals surface area contributed by atoms with Crippen LogP contribution in [0.15, 0.2) is 30.4 Å². The molecule has 2 bridgehead atoms. The van der Waals surface area contributed by atoms with Crippen LogP contribution in [0.4, 0.5) is 0 Å². The summed E-state index contributed by atoms with van der Waals surface area (Å²) in [6, 6.07) is 6.70. The molecule has 0 aliphatic heterocycles. The summed E-state index contributed by atoms with van der Waals surface area (Å²) >= 11 is 0. The van der Waals surface area contributed by atoms with Crippen molar-refractivity contribution in [3.63, 3.8) is 0 Å². The van der Waals surface area contributed by atoms with E-state index >= 15 is 0 Å². The van der Waals surface area contributed by atoms with Crippen LogP contribution in [0, 0.1) is 6.92 Å². The van der Waals surface area contributed by atoms with Gasteiger partial charge in [-0.25, -0.2) is 0 Å². The van der Waals surface area contributed by atoms with Crippen molar-refractivity contribution in [2.45, 2.75) is 31.6 Å². The molecule has 1 saturated carbocycles. The zero-order chi connectivity index (χ0) is 9.00. The highest BCUT2D eigenvalue weighted by Crippen LogP contribution is 2.56. The molecule has 66 valence electrons. The van der Waals surface area contributed by atoms with Crippen molar-refractivity contribution < 1.29 is 0 Å². The molecule has 2 aliphatic carbocycles. The van der Waals surface area contributed by atoms with Gasteiger partial charge in [0.1, 0.15) is 0 Å². The van der Waals surface area contributed by atoms with E-state index < -0.39 is 0 Å². The van der Waals surface area contributed by atoms with E-state index in [1.54, 1.807) is 11.1 Å². The highest BCUT2D eigenvalue weighted by molar-refractivity contribution is 5.55. The lowest BCUT2D eigenvalue weighted by Gasteiger charge is -2.15. The predicted octanol–water partition coefficient (Wildman–Crippen LogP) is 3.53. The van der Waals surface area contributed by atoms with Crippen molar-refractivity contribution in [3.8, 4) is 0 Å². The second-order valence-corrected chi connectivity index (χ2v) is 4.34. The van der Waals surface area contributed by atoms with E-state index in [4.69, 9.17) is 0 Å². The van der Waals surface area contributed by atoms with Gasteiger partial charge in [0.05, 0.1) is 0 Å². The molecule has 1 aromatic carbocycles. The van der Waals surface area contributed by atoms with Crippen molar-refractivity contribution in [2.75, 3.05) is 0 Å². The van der Waals surface area contributed by atoms with E-state index in [9.17, 15) is 0 Å². The summed E-state index contributed by atoms with van der Waals surface area (Å²) < 4.78 is 0. The molecule has 0 heterocycles. The van der Waals surface area contributed by atoms with Crippen LogP contribution in [0.1, 0.15) is 41.4 Å². The van der Waals surface area contributed by atoms with E-state index in [0.29, 0.717) is 11.8 Å². The van der Waals surface area contributed by atoms with Gasteiger partial charge in [-0.2, -0.15) is 0 Å². The van der Waals surface area contributed by atoms with Crippen molar-refractivity contribution in [1.82, 2.24) is 0 Å². The normalized spacial score (nSPS) is 29.5. The van der Waals surface area contributed by atoms with Crippen molar-refractivity contribution in [3.05, 3.63) is 47.0 Å². The highest BCUT2D eigenvalue weighted by Gasteiger charge is 2.40. The molecule has 2 aliphatic rings. The number of hydrogen-bond donors (Lipinski definition) is 0. The SMILES string of the molecule is C=C1C2CCC1c1c(C)cccc12. The Balaban J connectivity index is 2.30. The van der Waals surface area contributed by atoms with E-state index in [-0.39, 0.29) is 0 Å². The zero-order valence-electron chi connectivity index (χ0n) is 8.01. The van der Waals surface area contributed by atoms with Crippen LogP contribution < -0.4 is 0 Å². The molecule has 0 radical (unpaired) electrons. The molecule has 0 saturated heterocycles. The van der Waals surface area contributed by atoms with Gasteiger partial charge >= 0.3 is 0 Å². The quantitative estimate of drug-likeness (QED) is 0.522. The topological polar surface area (TPSA) is 0 Å². The maximum absolute atomic E-state index is 4.23. The second-order valence-electron chi connectivity index (χ2n) is 4.34. The molecule has 1 aromatic rings. The van der Waals surface area contributed by atoms with Gasteiger partial charge in [-0.1, -0.05) is 30.4 Å². The number of aryl methyl sites for hydroxylation is 1. The summed E-state index contributed by atoms with van der Waals surface area (Å²) in [5.41, 5.74) is 6.11.